The van der Waals surface area contributed by atoms with Crippen LogP contribution in [0.3, 0.4) is 0 Å². The van der Waals surface area contributed by atoms with Gasteiger partial charge in [-0.3, -0.25) is 4.79 Å². The van der Waals surface area contributed by atoms with E-state index in [4.69, 9.17) is 4.74 Å². The number of halogens is 2. The maximum atomic E-state index is 13.1. The van der Waals surface area contributed by atoms with E-state index in [1.54, 1.807) is 6.92 Å². The van der Waals surface area contributed by atoms with Crippen LogP contribution in [0.4, 0.5) is 4.39 Å². The number of carbonyl (C=O) groups excluding carboxylic acids is 1. The molecule has 0 aromatic heterocycles. The van der Waals surface area contributed by atoms with Crippen molar-refractivity contribution >= 4 is 21.8 Å². The van der Waals surface area contributed by atoms with Gasteiger partial charge in [0.25, 0.3) is 5.91 Å². The quantitative estimate of drug-likeness (QED) is 0.737. The normalized spacial score (nSPS) is 15.6. The number of hydrogen-bond donors (Lipinski definition) is 0. The largest absolute Gasteiger partial charge is 0.480 e. The van der Waals surface area contributed by atoms with Gasteiger partial charge in [0.05, 0.1) is 4.47 Å². The molecule has 1 aliphatic rings. The minimum absolute atomic E-state index is 0.0000231. The monoisotopic (exact) mass is 357 g/mol. The van der Waals surface area contributed by atoms with Crippen molar-refractivity contribution in [1.29, 1.82) is 0 Å². The number of amides is 1. The van der Waals surface area contributed by atoms with Gasteiger partial charge in [-0.15, -0.1) is 0 Å². The van der Waals surface area contributed by atoms with Crippen molar-refractivity contribution in [2.45, 2.75) is 39.2 Å². The van der Waals surface area contributed by atoms with Crippen LogP contribution >= 0.6 is 15.9 Å². The molecule has 5 heteroatoms. The van der Waals surface area contributed by atoms with Crippen LogP contribution in [0, 0.1) is 11.7 Å². The zero-order chi connectivity index (χ0) is 15.4. The molecule has 2 rings (SSSR count). The van der Waals surface area contributed by atoms with Gasteiger partial charge in [-0.1, -0.05) is 6.92 Å². The first kappa shape index (κ1) is 16.3. The van der Waals surface area contributed by atoms with E-state index in [0.717, 1.165) is 19.5 Å². The topological polar surface area (TPSA) is 29.5 Å². The molecular weight excluding hydrogens is 337 g/mol. The summed E-state index contributed by atoms with van der Waals surface area (Å²) in [4.78, 5) is 14.4. The van der Waals surface area contributed by atoms with Crippen molar-refractivity contribution in [2.24, 2.45) is 5.92 Å². The Kier molecular flexibility index (Phi) is 5.62. The number of carbonyl (C=O) groups is 1. The summed E-state index contributed by atoms with van der Waals surface area (Å²) in [5.41, 5.74) is 0. The fraction of sp³-hybridized carbons (Fsp3) is 0.562. The standard InChI is InChI=1S/C16H21BrFNO2/c1-3-8-19(10-12-4-5-12)16(20)11(2)21-15-7-6-13(18)9-14(15)17/h6-7,9,11-12H,3-5,8,10H2,1-2H3. The second-order valence-electron chi connectivity index (χ2n) is 5.56. The average molecular weight is 358 g/mol. The van der Waals surface area contributed by atoms with Crippen LogP contribution in [0.25, 0.3) is 0 Å². The summed E-state index contributed by atoms with van der Waals surface area (Å²) in [6.45, 7) is 5.39. The summed E-state index contributed by atoms with van der Waals surface area (Å²) in [7, 11) is 0. The molecule has 0 radical (unpaired) electrons. The van der Waals surface area contributed by atoms with Gasteiger partial charge in [0.2, 0.25) is 0 Å². The lowest BCUT2D eigenvalue weighted by molar-refractivity contribution is -0.138. The van der Waals surface area contributed by atoms with E-state index in [2.05, 4.69) is 22.9 Å². The van der Waals surface area contributed by atoms with E-state index in [-0.39, 0.29) is 11.7 Å². The molecule has 1 aromatic rings. The van der Waals surface area contributed by atoms with Crippen LogP contribution in [0.1, 0.15) is 33.1 Å². The van der Waals surface area contributed by atoms with Crippen molar-refractivity contribution in [1.82, 2.24) is 4.90 Å². The molecule has 1 fully saturated rings. The molecule has 1 saturated carbocycles. The van der Waals surface area contributed by atoms with Crippen LogP contribution in [-0.2, 0) is 4.79 Å². The minimum atomic E-state index is -0.572. The Morgan fingerprint density at radius 3 is 2.81 bits per heavy atom. The first-order valence-corrected chi connectivity index (χ1v) is 8.21. The highest BCUT2D eigenvalue weighted by Crippen LogP contribution is 2.30. The smallest absolute Gasteiger partial charge is 0.263 e. The minimum Gasteiger partial charge on any atom is -0.480 e. The lowest BCUT2D eigenvalue weighted by Crippen LogP contribution is -2.42. The zero-order valence-electron chi connectivity index (χ0n) is 12.4. The SMILES string of the molecule is CCCN(CC1CC1)C(=O)C(C)Oc1ccc(F)cc1Br. The Bertz CT molecular complexity index is 505. The predicted molar refractivity (Wildman–Crippen MR) is 83.8 cm³/mol. The Hall–Kier alpha value is -1.10. The van der Waals surface area contributed by atoms with Crippen molar-refractivity contribution < 1.29 is 13.9 Å². The van der Waals surface area contributed by atoms with Gasteiger partial charge in [0.15, 0.2) is 6.10 Å². The average Bonchev–Trinajstić information content (AvgIpc) is 3.24. The van der Waals surface area contributed by atoms with Crippen LogP contribution in [0.15, 0.2) is 22.7 Å². The number of hydrogen-bond acceptors (Lipinski definition) is 2. The van der Waals surface area contributed by atoms with Crippen LogP contribution in [0.2, 0.25) is 0 Å². The molecule has 21 heavy (non-hydrogen) atoms. The van der Waals surface area contributed by atoms with Gasteiger partial charge < -0.3 is 9.64 Å². The Morgan fingerprint density at radius 2 is 2.24 bits per heavy atom. The number of rotatable bonds is 7. The van der Waals surface area contributed by atoms with E-state index in [0.29, 0.717) is 16.1 Å². The van der Waals surface area contributed by atoms with Crippen molar-refractivity contribution in [3.8, 4) is 5.75 Å². The Labute approximate surface area is 133 Å². The van der Waals surface area contributed by atoms with E-state index in [1.807, 2.05) is 4.90 Å². The lowest BCUT2D eigenvalue weighted by atomic mass is 10.2. The van der Waals surface area contributed by atoms with Crippen LogP contribution < -0.4 is 4.74 Å². The van der Waals surface area contributed by atoms with Crippen molar-refractivity contribution in [3.63, 3.8) is 0 Å². The summed E-state index contributed by atoms with van der Waals surface area (Å²) in [5.74, 6) is 0.805. The highest BCUT2D eigenvalue weighted by Gasteiger charge is 2.29. The maximum absolute atomic E-state index is 13.1. The Morgan fingerprint density at radius 1 is 1.52 bits per heavy atom. The first-order chi connectivity index (χ1) is 10.0. The summed E-state index contributed by atoms with van der Waals surface area (Å²) < 4.78 is 19.3. The predicted octanol–water partition coefficient (Wildman–Crippen LogP) is 4.00. The first-order valence-electron chi connectivity index (χ1n) is 7.41. The third kappa shape index (κ3) is 4.70. The van der Waals surface area contributed by atoms with Crippen molar-refractivity contribution in [3.05, 3.63) is 28.5 Å². The van der Waals surface area contributed by atoms with E-state index >= 15 is 0 Å². The summed E-state index contributed by atoms with van der Waals surface area (Å²) in [6.07, 6.45) is 2.79. The molecule has 116 valence electrons. The molecule has 1 unspecified atom stereocenters. The summed E-state index contributed by atoms with van der Waals surface area (Å²) in [5, 5.41) is 0. The zero-order valence-corrected chi connectivity index (χ0v) is 14.0. The summed E-state index contributed by atoms with van der Waals surface area (Å²) >= 11 is 3.25. The van der Waals surface area contributed by atoms with Crippen LogP contribution in [-0.4, -0.2) is 30.0 Å². The molecule has 0 heterocycles. The second kappa shape index (κ2) is 7.25. The van der Waals surface area contributed by atoms with Gasteiger partial charge in [-0.25, -0.2) is 4.39 Å². The molecule has 0 N–H and O–H groups in total. The van der Waals surface area contributed by atoms with E-state index < -0.39 is 6.10 Å². The molecule has 1 aliphatic carbocycles. The molecule has 0 aliphatic heterocycles. The number of nitrogens with zero attached hydrogens (tertiary/aromatic N) is 1. The molecular formula is C16H21BrFNO2. The molecule has 0 saturated heterocycles. The molecule has 1 atom stereocenters. The van der Waals surface area contributed by atoms with Gasteiger partial charge in [-0.2, -0.15) is 0 Å². The third-order valence-corrected chi connectivity index (χ3v) is 4.15. The molecule has 0 spiro atoms. The second-order valence-corrected chi connectivity index (χ2v) is 6.42. The lowest BCUT2D eigenvalue weighted by Gasteiger charge is -2.26. The van der Waals surface area contributed by atoms with Crippen molar-refractivity contribution in [2.75, 3.05) is 13.1 Å². The molecule has 1 amide bonds. The highest BCUT2D eigenvalue weighted by molar-refractivity contribution is 9.10. The number of benzene rings is 1. The van der Waals surface area contributed by atoms with Crippen LogP contribution in [0.5, 0.6) is 5.75 Å². The summed E-state index contributed by atoms with van der Waals surface area (Å²) in [6, 6.07) is 4.19. The van der Waals surface area contributed by atoms with E-state index in [9.17, 15) is 9.18 Å². The molecule has 1 aromatic carbocycles. The van der Waals surface area contributed by atoms with Gasteiger partial charge in [0, 0.05) is 13.1 Å². The number of ether oxygens (including phenoxy) is 1. The Balaban J connectivity index is 1.99. The van der Waals surface area contributed by atoms with E-state index in [1.165, 1.54) is 31.0 Å². The maximum Gasteiger partial charge on any atom is 0.263 e. The van der Waals surface area contributed by atoms with Gasteiger partial charge in [0.1, 0.15) is 11.6 Å². The fourth-order valence-electron chi connectivity index (χ4n) is 2.24. The highest BCUT2D eigenvalue weighted by atomic mass is 79.9. The fourth-order valence-corrected chi connectivity index (χ4v) is 2.69. The third-order valence-electron chi connectivity index (χ3n) is 3.53. The van der Waals surface area contributed by atoms with Gasteiger partial charge in [-0.05, 0) is 66.2 Å². The molecule has 0 bridgehead atoms. The molecule has 3 nitrogen and oxygen atoms in total. The van der Waals surface area contributed by atoms with Gasteiger partial charge >= 0.3 is 0 Å².